The van der Waals surface area contributed by atoms with Crippen LogP contribution < -0.4 is 0 Å². The molecule has 3 atom stereocenters. The Morgan fingerprint density at radius 3 is 2.75 bits per heavy atom. The number of rotatable bonds is 2. The molecule has 0 N–H and O–H groups in total. The molecule has 0 aliphatic heterocycles. The van der Waals surface area contributed by atoms with E-state index >= 15 is 0 Å². The summed E-state index contributed by atoms with van der Waals surface area (Å²) < 4.78 is 0. The molecule has 2 aliphatic carbocycles. The maximum atomic E-state index is 10.7. The van der Waals surface area contributed by atoms with Gasteiger partial charge in [-0.15, -0.1) is 0 Å². The molecule has 3 unspecified atom stereocenters. The van der Waals surface area contributed by atoms with Gasteiger partial charge in [-0.3, -0.25) is 4.79 Å². The lowest BCUT2D eigenvalue weighted by atomic mass is 9.71. The third-order valence-corrected chi connectivity index (χ3v) is 4.39. The Balaban J connectivity index is 2.27. The maximum absolute atomic E-state index is 10.7. The summed E-state index contributed by atoms with van der Waals surface area (Å²) in [7, 11) is 0. The first kappa shape index (κ1) is 11.6. The molecule has 0 heterocycles. The zero-order valence-corrected chi connectivity index (χ0v) is 10.6. The molecule has 0 aromatic rings. The van der Waals surface area contributed by atoms with Crippen LogP contribution in [0.1, 0.15) is 46.5 Å². The van der Waals surface area contributed by atoms with E-state index in [2.05, 4.69) is 19.9 Å². The molecule has 0 bridgehead atoms. The van der Waals surface area contributed by atoms with Crippen molar-refractivity contribution in [2.45, 2.75) is 46.5 Å². The zero-order chi connectivity index (χ0) is 11.7. The van der Waals surface area contributed by atoms with Crippen molar-refractivity contribution < 1.29 is 4.79 Å². The summed E-state index contributed by atoms with van der Waals surface area (Å²) in [6, 6.07) is 0. The first-order valence-electron chi connectivity index (χ1n) is 6.46. The van der Waals surface area contributed by atoms with Gasteiger partial charge in [0.1, 0.15) is 6.29 Å². The summed E-state index contributed by atoms with van der Waals surface area (Å²) >= 11 is 0. The molecule has 1 fully saturated rings. The van der Waals surface area contributed by atoms with Crippen LogP contribution in [0.5, 0.6) is 0 Å². The van der Waals surface area contributed by atoms with Gasteiger partial charge in [0.15, 0.2) is 0 Å². The molecule has 0 aromatic heterocycles. The van der Waals surface area contributed by atoms with Crippen molar-refractivity contribution in [3.8, 4) is 0 Å². The Labute approximate surface area is 98.6 Å². The molecule has 2 rings (SSSR count). The monoisotopic (exact) mass is 218 g/mol. The number of carbonyl (C=O) groups is 1. The molecular formula is C15H22O. The van der Waals surface area contributed by atoms with Gasteiger partial charge >= 0.3 is 0 Å². The van der Waals surface area contributed by atoms with Gasteiger partial charge in [0.25, 0.3) is 0 Å². The quantitative estimate of drug-likeness (QED) is 0.390. The minimum Gasteiger partial charge on any atom is -0.298 e. The predicted octanol–water partition coefficient (Wildman–Crippen LogP) is 3.90. The van der Waals surface area contributed by atoms with E-state index < -0.39 is 0 Å². The van der Waals surface area contributed by atoms with Crippen LogP contribution in [0.4, 0.5) is 0 Å². The third-order valence-electron chi connectivity index (χ3n) is 4.39. The summed E-state index contributed by atoms with van der Waals surface area (Å²) in [5, 5.41) is 0. The van der Waals surface area contributed by atoms with Crippen molar-refractivity contribution in [2.24, 2.45) is 17.8 Å². The Hall–Kier alpha value is -0.850. The van der Waals surface area contributed by atoms with Gasteiger partial charge in [-0.1, -0.05) is 24.1 Å². The molecule has 1 nitrogen and oxygen atoms in total. The normalized spacial score (nSPS) is 35.2. The van der Waals surface area contributed by atoms with Crippen LogP contribution in [-0.2, 0) is 4.79 Å². The molecule has 1 heteroatoms. The minimum atomic E-state index is 0.550. The summed E-state index contributed by atoms with van der Waals surface area (Å²) in [6.07, 6.45) is 8.33. The number of fused-ring (bicyclic) bond motifs is 1. The second-order valence-corrected chi connectivity index (χ2v) is 5.57. The highest BCUT2D eigenvalue weighted by atomic mass is 16.1. The van der Waals surface area contributed by atoms with Crippen molar-refractivity contribution in [3.63, 3.8) is 0 Å². The second kappa shape index (κ2) is 4.57. The fraction of sp³-hybridized carbons (Fsp3) is 0.667. The van der Waals surface area contributed by atoms with Crippen LogP contribution in [-0.4, -0.2) is 6.29 Å². The Morgan fingerprint density at radius 1 is 1.31 bits per heavy atom. The number of hydrogen-bond donors (Lipinski definition) is 0. The molecular weight excluding hydrogens is 196 g/mol. The van der Waals surface area contributed by atoms with Crippen molar-refractivity contribution in [1.29, 1.82) is 0 Å². The van der Waals surface area contributed by atoms with Gasteiger partial charge in [0.05, 0.1) is 0 Å². The summed E-state index contributed by atoms with van der Waals surface area (Å²) in [5.74, 6) is 2.19. The highest BCUT2D eigenvalue weighted by molar-refractivity contribution is 5.72. The molecule has 0 spiro atoms. The Kier molecular flexibility index (Phi) is 3.32. The summed E-state index contributed by atoms with van der Waals surface area (Å²) in [6.45, 7) is 6.59. The van der Waals surface area contributed by atoms with E-state index in [1.165, 1.54) is 25.7 Å². The van der Waals surface area contributed by atoms with E-state index in [4.69, 9.17) is 0 Å². The lowest BCUT2D eigenvalue weighted by Crippen LogP contribution is -2.23. The van der Waals surface area contributed by atoms with E-state index in [9.17, 15) is 4.79 Å². The van der Waals surface area contributed by atoms with Crippen LogP contribution >= 0.6 is 0 Å². The van der Waals surface area contributed by atoms with Gasteiger partial charge in [-0.2, -0.15) is 0 Å². The average molecular weight is 218 g/mol. The number of carbonyl (C=O) groups excluding carboxylic acids is 1. The fourth-order valence-corrected chi connectivity index (χ4v) is 3.50. The van der Waals surface area contributed by atoms with E-state index in [1.54, 1.807) is 11.1 Å². The highest BCUT2D eigenvalue weighted by Crippen LogP contribution is 2.48. The van der Waals surface area contributed by atoms with Crippen LogP contribution in [0.25, 0.3) is 0 Å². The Bertz CT molecular complexity index is 348. The molecule has 0 saturated heterocycles. The van der Waals surface area contributed by atoms with Gasteiger partial charge in [0.2, 0.25) is 0 Å². The SMILES string of the molecule is CC1=C2C(/C=C(/C)C=O)CCC(C)C2CC1. The van der Waals surface area contributed by atoms with Crippen LogP contribution in [0, 0.1) is 17.8 Å². The van der Waals surface area contributed by atoms with Crippen LogP contribution in [0.2, 0.25) is 0 Å². The van der Waals surface area contributed by atoms with Gasteiger partial charge in [-0.05, 0) is 62.9 Å². The van der Waals surface area contributed by atoms with Crippen LogP contribution in [0.15, 0.2) is 22.8 Å². The zero-order valence-electron chi connectivity index (χ0n) is 10.6. The minimum absolute atomic E-state index is 0.550. The van der Waals surface area contributed by atoms with Crippen LogP contribution in [0.3, 0.4) is 0 Å². The third kappa shape index (κ3) is 2.00. The lowest BCUT2D eigenvalue weighted by molar-refractivity contribution is -0.104. The molecule has 2 aliphatic rings. The second-order valence-electron chi connectivity index (χ2n) is 5.57. The van der Waals surface area contributed by atoms with Crippen molar-refractivity contribution >= 4 is 6.29 Å². The number of hydrogen-bond acceptors (Lipinski definition) is 1. The van der Waals surface area contributed by atoms with E-state index in [1.807, 2.05) is 6.92 Å². The maximum Gasteiger partial charge on any atom is 0.145 e. The predicted molar refractivity (Wildman–Crippen MR) is 67.1 cm³/mol. The summed E-state index contributed by atoms with van der Waals surface area (Å²) in [4.78, 5) is 10.7. The van der Waals surface area contributed by atoms with E-state index in [0.717, 1.165) is 23.7 Å². The molecule has 88 valence electrons. The molecule has 1 saturated carbocycles. The fourth-order valence-electron chi connectivity index (χ4n) is 3.50. The largest absolute Gasteiger partial charge is 0.298 e. The van der Waals surface area contributed by atoms with Crippen molar-refractivity contribution in [3.05, 3.63) is 22.8 Å². The molecule has 0 radical (unpaired) electrons. The number of allylic oxidation sites excluding steroid dienone is 4. The van der Waals surface area contributed by atoms with Crippen molar-refractivity contribution in [1.82, 2.24) is 0 Å². The first-order chi connectivity index (χ1) is 7.63. The Morgan fingerprint density at radius 2 is 2.06 bits per heavy atom. The van der Waals surface area contributed by atoms with Gasteiger partial charge in [0, 0.05) is 0 Å². The molecule has 16 heavy (non-hydrogen) atoms. The smallest absolute Gasteiger partial charge is 0.145 e. The first-order valence-corrected chi connectivity index (χ1v) is 6.46. The average Bonchev–Trinajstić information content (AvgIpc) is 2.66. The lowest BCUT2D eigenvalue weighted by Gasteiger charge is -2.34. The molecule has 0 aromatic carbocycles. The number of aldehydes is 1. The van der Waals surface area contributed by atoms with Gasteiger partial charge < -0.3 is 0 Å². The van der Waals surface area contributed by atoms with Crippen molar-refractivity contribution in [2.75, 3.05) is 0 Å². The highest BCUT2D eigenvalue weighted by Gasteiger charge is 2.35. The summed E-state index contributed by atoms with van der Waals surface area (Å²) in [5.41, 5.74) is 4.15. The van der Waals surface area contributed by atoms with E-state index in [-0.39, 0.29) is 0 Å². The topological polar surface area (TPSA) is 17.1 Å². The van der Waals surface area contributed by atoms with E-state index in [0.29, 0.717) is 5.92 Å². The van der Waals surface area contributed by atoms with Gasteiger partial charge in [-0.25, -0.2) is 0 Å². The molecule has 0 amide bonds. The standard InChI is InChI=1S/C15H22O/c1-10(9-16)8-13-6-4-11(2)14-7-5-12(3)15(13)14/h8-9,11,13-14H,4-7H2,1-3H3/b10-8-.